The maximum absolute atomic E-state index is 15.6. The van der Waals surface area contributed by atoms with Gasteiger partial charge >= 0.3 is 0 Å². The van der Waals surface area contributed by atoms with E-state index in [1.54, 1.807) is 6.07 Å². The first-order valence-electron chi connectivity index (χ1n) is 14.0. The number of rotatable bonds is 7. The summed E-state index contributed by atoms with van der Waals surface area (Å²) in [4.78, 5) is 13.9. The van der Waals surface area contributed by atoms with Gasteiger partial charge in [-0.1, -0.05) is 37.5 Å². The molecule has 2 fully saturated rings. The lowest BCUT2D eigenvalue weighted by atomic mass is 9.89. The van der Waals surface area contributed by atoms with Gasteiger partial charge in [0, 0.05) is 45.8 Å². The van der Waals surface area contributed by atoms with Gasteiger partial charge in [0.2, 0.25) is 0 Å². The van der Waals surface area contributed by atoms with Gasteiger partial charge < -0.3 is 9.88 Å². The van der Waals surface area contributed by atoms with Crippen LogP contribution in [0.3, 0.4) is 0 Å². The van der Waals surface area contributed by atoms with Crippen LogP contribution in [0.5, 0.6) is 0 Å². The van der Waals surface area contributed by atoms with E-state index in [1.165, 1.54) is 38.2 Å². The van der Waals surface area contributed by atoms with Crippen LogP contribution in [0, 0.1) is 18.7 Å². The number of carbonyl (C=O) groups is 1. The molecular weight excluding hydrogens is 497 g/mol. The Bertz CT molecular complexity index is 1360. The highest BCUT2D eigenvalue weighted by molar-refractivity contribution is 7.83. The fourth-order valence-electron chi connectivity index (χ4n) is 5.82. The second kappa shape index (κ2) is 10.9. The highest BCUT2D eigenvalue weighted by Gasteiger charge is 2.27. The van der Waals surface area contributed by atoms with E-state index in [2.05, 4.69) is 14.6 Å². The number of benzene rings is 2. The third kappa shape index (κ3) is 5.59. The summed E-state index contributed by atoms with van der Waals surface area (Å²) in [6, 6.07) is 10.9. The Morgan fingerprint density at radius 3 is 2.45 bits per heavy atom. The zero-order valence-electron chi connectivity index (χ0n) is 23.0. The lowest BCUT2D eigenvalue weighted by Gasteiger charge is -2.26. The average molecular weight is 538 g/mol. The van der Waals surface area contributed by atoms with Crippen molar-refractivity contribution >= 4 is 27.7 Å². The predicted octanol–water partition coefficient (Wildman–Crippen LogP) is 7.03. The highest BCUT2D eigenvalue weighted by Crippen LogP contribution is 2.38. The molecule has 5 rings (SSSR count). The van der Waals surface area contributed by atoms with Crippen molar-refractivity contribution < 1.29 is 13.4 Å². The Morgan fingerprint density at radius 1 is 1.05 bits per heavy atom. The summed E-state index contributed by atoms with van der Waals surface area (Å²) in [7, 11) is -1.51. The standard InChI is InChI=1S/C31H40FN3O2S/c1-20-25(30(36)33-22-12-8-13-22)18-27(35(20)19-21-10-6-5-7-11-21)23-16-17-28(38(37)34-31(2,3)4)24-14-9-15-26(32)29(23)24/h9,14-18,21-22,34H,5-8,10-13,19H2,1-4H3,(H,33,36). The Kier molecular flexibility index (Phi) is 7.79. The number of hydrogen-bond donors (Lipinski definition) is 2. The van der Waals surface area contributed by atoms with Crippen LogP contribution in [0.2, 0.25) is 0 Å². The molecule has 0 spiro atoms. The molecule has 2 N–H and O–H groups in total. The maximum atomic E-state index is 15.6. The first-order valence-corrected chi connectivity index (χ1v) is 15.2. The SMILES string of the molecule is Cc1c(C(=O)NC2CCC2)cc(-c2ccc(S(=O)NC(C)(C)C)c3cccc(F)c23)n1CC1CCCCC1. The molecule has 1 heterocycles. The minimum Gasteiger partial charge on any atom is -0.349 e. The van der Waals surface area contributed by atoms with Gasteiger partial charge in [0.1, 0.15) is 16.8 Å². The zero-order valence-corrected chi connectivity index (χ0v) is 23.8. The molecule has 204 valence electrons. The number of aromatic nitrogens is 1. The van der Waals surface area contributed by atoms with Crippen LogP contribution < -0.4 is 10.0 Å². The van der Waals surface area contributed by atoms with Crippen molar-refractivity contribution in [3.63, 3.8) is 0 Å². The number of nitrogens with zero attached hydrogens (tertiary/aromatic N) is 1. The van der Waals surface area contributed by atoms with E-state index in [1.807, 2.05) is 52.0 Å². The molecule has 2 aliphatic rings. The number of halogens is 1. The van der Waals surface area contributed by atoms with Crippen molar-refractivity contribution in [2.24, 2.45) is 5.92 Å². The summed E-state index contributed by atoms with van der Waals surface area (Å²) < 4.78 is 34.2. The Hall–Kier alpha value is -2.51. The van der Waals surface area contributed by atoms with Crippen LogP contribution in [0.1, 0.15) is 88.2 Å². The first kappa shape index (κ1) is 27.1. The molecule has 0 bridgehead atoms. The van der Waals surface area contributed by atoms with Crippen molar-refractivity contribution in [3.8, 4) is 11.3 Å². The molecule has 2 saturated carbocycles. The molecule has 0 radical (unpaired) electrons. The van der Waals surface area contributed by atoms with Crippen LogP contribution in [0.25, 0.3) is 22.0 Å². The molecule has 38 heavy (non-hydrogen) atoms. The van der Waals surface area contributed by atoms with Crippen molar-refractivity contribution in [2.75, 3.05) is 0 Å². The molecule has 2 aliphatic carbocycles. The topological polar surface area (TPSA) is 63.1 Å². The number of amides is 1. The molecule has 2 aromatic carbocycles. The van der Waals surface area contributed by atoms with Crippen LogP contribution in [-0.4, -0.2) is 26.3 Å². The van der Waals surface area contributed by atoms with Crippen molar-refractivity contribution in [2.45, 2.75) is 102 Å². The lowest BCUT2D eigenvalue weighted by molar-refractivity contribution is 0.0916. The Balaban J connectivity index is 1.63. The minimum atomic E-state index is -1.51. The fraction of sp³-hybridized carbons (Fsp3) is 0.516. The van der Waals surface area contributed by atoms with Gasteiger partial charge in [-0.2, -0.15) is 0 Å². The van der Waals surface area contributed by atoms with E-state index in [0.29, 0.717) is 27.1 Å². The summed E-state index contributed by atoms with van der Waals surface area (Å²) in [5.41, 5.74) is 2.81. The molecule has 3 aromatic rings. The molecule has 0 aliphatic heterocycles. The van der Waals surface area contributed by atoms with E-state index >= 15 is 4.39 Å². The largest absolute Gasteiger partial charge is 0.349 e. The Labute approximate surface area is 228 Å². The normalized spacial score (nSPS) is 17.9. The van der Waals surface area contributed by atoms with Gasteiger partial charge in [-0.3, -0.25) is 4.79 Å². The van der Waals surface area contributed by atoms with Crippen LogP contribution in [0.4, 0.5) is 4.39 Å². The van der Waals surface area contributed by atoms with Gasteiger partial charge in [0.15, 0.2) is 0 Å². The van der Waals surface area contributed by atoms with Gasteiger partial charge in [0.25, 0.3) is 5.91 Å². The van der Waals surface area contributed by atoms with Gasteiger partial charge in [-0.15, -0.1) is 0 Å². The lowest BCUT2D eigenvalue weighted by Crippen LogP contribution is -2.39. The summed E-state index contributed by atoms with van der Waals surface area (Å²) >= 11 is 0. The van der Waals surface area contributed by atoms with Gasteiger partial charge in [-0.05, 0) is 83.9 Å². The summed E-state index contributed by atoms with van der Waals surface area (Å²) in [5.74, 6) is 0.137. The molecule has 1 aromatic heterocycles. The van der Waals surface area contributed by atoms with Crippen LogP contribution in [0.15, 0.2) is 41.3 Å². The summed E-state index contributed by atoms with van der Waals surface area (Å²) in [6.45, 7) is 8.70. The molecule has 5 nitrogen and oxygen atoms in total. The smallest absolute Gasteiger partial charge is 0.253 e. The number of nitrogens with one attached hydrogen (secondary N) is 2. The van der Waals surface area contributed by atoms with E-state index in [4.69, 9.17) is 0 Å². The van der Waals surface area contributed by atoms with E-state index in [0.717, 1.165) is 42.8 Å². The third-order valence-electron chi connectivity index (χ3n) is 8.04. The minimum absolute atomic E-state index is 0.0484. The maximum Gasteiger partial charge on any atom is 0.253 e. The van der Waals surface area contributed by atoms with Crippen molar-refractivity contribution in [1.82, 2.24) is 14.6 Å². The third-order valence-corrected chi connectivity index (χ3v) is 9.59. The molecule has 0 saturated heterocycles. The molecule has 1 unspecified atom stereocenters. The van der Waals surface area contributed by atoms with Gasteiger partial charge in [0.05, 0.1) is 10.5 Å². The molecule has 1 atom stereocenters. The second-order valence-electron chi connectivity index (χ2n) is 12.1. The molecular formula is C31H40FN3O2S. The Morgan fingerprint density at radius 2 is 1.79 bits per heavy atom. The number of fused-ring (bicyclic) bond motifs is 1. The highest BCUT2D eigenvalue weighted by atomic mass is 32.2. The number of carbonyl (C=O) groups excluding carboxylic acids is 1. The second-order valence-corrected chi connectivity index (χ2v) is 13.3. The van der Waals surface area contributed by atoms with Crippen LogP contribution >= 0.6 is 0 Å². The molecule has 7 heteroatoms. The zero-order chi connectivity index (χ0) is 27.0. The first-order chi connectivity index (χ1) is 18.1. The van der Waals surface area contributed by atoms with E-state index < -0.39 is 11.0 Å². The van der Waals surface area contributed by atoms with Crippen LogP contribution in [-0.2, 0) is 17.5 Å². The van der Waals surface area contributed by atoms with E-state index in [9.17, 15) is 9.00 Å². The average Bonchev–Trinajstić information content (AvgIpc) is 3.16. The summed E-state index contributed by atoms with van der Waals surface area (Å²) in [6.07, 6.45) is 9.29. The fourth-order valence-corrected chi connectivity index (χ4v) is 7.05. The monoisotopic (exact) mass is 537 g/mol. The van der Waals surface area contributed by atoms with Crippen molar-refractivity contribution in [3.05, 3.63) is 53.5 Å². The quantitative estimate of drug-likeness (QED) is 0.340. The summed E-state index contributed by atoms with van der Waals surface area (Å²) in [5, 5.41) is 4.26. The van der Waals surface area contributed by atoms with E-state index in [-0.39, 0.29) is 23.3 Å². The van der Waals surface area contributed by atoms with Gasteiger partial charge in [-0.25, -0.2) is 13.3 Å². The number of hydrogen-bond acceptors (Lipinski definition) is 2. The molecule has 1 amide bonds. The predicted molar refractivity (Wildman–Crippen MR) is 153 cm³/mol. The van der Waals surface area contributed by atoms with Crippen molar-refractivity contribution in [1.29, 1.82) is 0 Å².